The van der Waals surface area contributed by atoms with Crippen molar-refractivity contribution in [2.24, 2.45) is 5.73 Å². The zero-order chi connectivity index (χ0) is 17.4. The Hall–Kier alpha value is -2.56. The van der Waals surface area contributed by atoms with Crippen LogP contribution in [0.15, 0.2) is 43.0 Å². The summed E-state index contributed by atoms with van der Waals surface area (Å²) < 4.78 is 5.20. The van der Waals surface area contributed by atoms with Crippen LogP contribution in [0.2, 0.25) is 0 Å². The summed E-state index contributed by atoms with van der Waals surface area (Å²) in [6, 6.07) is 7.46. The van der Waals surface area contributed by atoms with Gasteiger partial charge >= 0.3 is 0 Å². The lowest BCUT2D eigenvalue weighted by molar-refractivity contribution is -0.127. The average Bonchev–Trinajstić information content (AvgIpc) is 3.10. The van der Waals surface area contributed by atoms with Crippen molar-refractivity contribution >= 4 is 17.9 Å². The number of carbonyl (C=O) groups excluding carboxylic acids is 2. The summed E-state index contributed by atoms with van der Waals surface area (Å²) in [6.45, 7) is 4.18. The molecule has 0 aliphatic heterocycles. The molecule has 1 saturated carbocycles. The standard InChI is InChI=1S/C19H24N2O3/c1-2-13-21(16-5-3-4-6-16)19(23)12-9-15-7-10-17(11-8-15)24-14-18(20)22/h2,7-12,16H,1,3-6,13-14H2,(H2,20,22)/b12-9+. The molecule has 1 aromatic rings. The molecule has 5 heteroatoms. The smallest absolute Gasteiger partial charge is 0.255 e. The van der Waals surface area contributed by atoms with Crippen LogP contribution in [-0.4, -0.2) is 35.9 Å². The van der Waals surface area contributed by atoms with E-state index in [1.165, 1.54) is 12.8 Å². The number of primary amides is 1. The van der Waals surface area contributed by atoms with E-state index in [-0.39, 0.29) is 12.5 Å². The van der Waals surface area contributed by atoms with Gasteiger partial charge in [-0.1, -0.05) is 31.1 Å². The molecule has 0 unspecified atom stereocenters. The van der Waals surface area contributed by atoms with E-state index in [4.69, 9.17) is 10.5 Å². The van der Waals surface area contributed by atoms with Gasteiger partial charge in [0, 0.05) is 18.7 Å². The first-order chi connectivity index (χ1) is 11.6. The molecule has 0 saturated heterocycles. The quantitative estimate of drug-likeness (QED) is 0.589. The largest absolute Gasteiger partial charge is 0.484 e. The van der Waals surface area contributed by atoms with Crippen molar-refractivity contribution in [3.8, 4) is 5.75 Å². The number of rotatable bonds is 8. The maximum Gasteiger partial charge on any atom is 0.255 e. The van der Waals surface area contributed by atoms with Gasteiger partial charge in [0.05, 0.1) is 0 Å². The number of carbonyl (C=O) groups is 2. The molecule has 128 valence electrons. The molecule has 24 heavy (non-hydrogen) atoms. The Morgan fingerprint density at radius 2 is 1.92 bits per heavy atom. The van der Waals surface area contributed by atoms with Gasteiger partial charge in [0.15, 0.2) is 6.61 Å². The Bertz CT molecular complexity index is 602. The van der Waals surface area contributed by atoms with Crippen molar-refractivity contribution in [1.29, 1.82) is 0 Å². The number of amides is 2. The molecule has 0 heterocycles. The molecule has 2 amide bonds. The zero-order valence-electron chi connectivity index (χ0n) is 13.8. The summed E-state index contributed by atoms with van der Waals surface area (Å²) in [5.41, 5.74) is 5.92. The van der Waals surface area contributed by atoms with E-state index in [1.807, 2.05) is 17.0 Å². The Morgan fingerprint density at radius 3 is 2.50 bits per heavy atom. The summed E-state index contributed by atoms with van der Waals surface area (Å²) in [5, 5.41) is 0. The maximum atomic E-state index is 12.5. The van der Waals surface area contributed by atoms with Gasteiger partial charge in [0.1, 0.15) is 5.75 Å². The number of hydrogen-bond acceptors (Lipinski definition) is 3. The first-order valence-corrected chi connectivity index (χ1v) is 8.21. The van der Waals surface area contributed by atoms with Crippen LogP contribution in [0.4, 0.5) is 0 Å². The van der Waals surface area contributed by atoms with Crippen LogP contribution >= 0.6 is 0 Å². The molecule has 0 bridgehead atoms. The first kappa shape index (κ1) is 17.8. The Labute approximate surface area is 142 Å². The fraction of sp³-hybridized carbons (Fsp3) is 0.368. The van der Waals surface area contributed by atoms with Crippen LogP contribution in [0.1, 0.15) is 31.2 Å². The minimum Gasteiger partial charge on any atom is -0.484 e. The molecule has 0 atom stereocenters. The predicted octanol–water partition coefficient (Wildman–Crippen LogP) is 2.52. The highest BCUT2D eigenvalue weighted by atomic mass is 16.5. The van der Waals surface area contributed by atoms with Crippen molar-refractivity contribution in [3.05, 3.63) is 48.6 Å². The number of hydrogen-bond donors (Lipinski definition) is 1. The summed E-state index contributed by atoms with van der Waals surface area (Å²) in [4.78, 5) is 25.0. The van der Waals surface area contributed by atoms with Crippen LogP contribution in [0.3, 0.4) is 0 Å². The summed E-state index contributed by atoms with van der Waals surface area (Å²) >= 11 is 0. The Morgan fingerprint density at radius 1 is 1.25 bits per heavy atom. The lowest BCUT2D eigenvalue weighted by Crippen LogP contribution is -2.37. The van der Waals surface area contributed by atoms with Crippen LogP contribution in [0, 0.1) is 0 Å². The molecular formula is C19H24N2O3. The van der Waals surface area contributed by atoms with Gasteiger partial charge in [-0.25, -0.2) is 0 Å². The van der Waals surface area contributed by atoms with Crippen molar-refractivity contribution in [3.63, 3.8) is 0 Å². The van der Waals surface area contributed by atoms with Gasteiger partial charge in [-0.3, -0.25) is 9.59 Å². The molecule has 2 rings (SSSR count). The normalized spacial score (nSPS) is 14.7. The van der Waals surface area contributed by atoms with Crippen molar-refractivity contribution in [2.45, 2.75) is 31.7 Å². The number of nitrogens with two attached hydrogens (primary N) is 1. The Balaban J connectivity index is 1.96. The number of ether oxygens (including phenoxy) is 1. The molecule has 0 aromatic heterocycles. The van der Waals surface area contributed by atoms with Crippen molar-refractivity contribution in [2.75, 3.05) is 13.2 Å². The predicted molar refractivity (Wildman–Crippen MR) is 94.3 cm³/mol. The average molecular weight is 328 g/mol. The fourth-order valence-corrected chi connectivity index (χ4v) is 2.87. The molecular weight excluding hydrogens is 304 g/mol. The van der Waals surface area contributed by atoms with Crippen LogP contribution in [-0.2, 0) is 9.59 Å². The fourth-order valence-electron chi connectivity index (χ4n) is 2.87. The lowest BCUT2D eigenvalue weighted by atomic mass is 10.1. The third-order valence-electron chi connectivity index (χ3n) is 4.05. The monoisotopic (exact) mass is 328 g/mol. The van der Waals surface area contributed by atoms with Crippen LogP contribution in [0.25, 0.3) is 6.08 Å². The third-order valence-corrected chi connectivity index (χ3v) is 4.05. The minimum absolute atomic E-state index is 0.0101. The van der Waals surface area contributed by atoms with Gasteiger partial charge in [-0.05, 0) is 36.6 Å². The highest BCUT2D eigenvalue weighted by Crippen LogP contribution is 2.24. The second-order valence-electron chi connectivity index (χ2n) is 5.87. The van der Waals surface area contributed by atoms with E-state index < -0.39 is 5.91 Å². The number of nitrogens with zero attached hydrogens (tertiary/aromatic N) is 1. The lowest BCUT2D eigenvalue weighted by Gasteiger charge is -2.26. The zero-order valence-corrected chi connectivity index (χ0v) is 13.8. The van der Waals surface area contributed by atoms with E-state index in [2.05, 4.69) is 6.58 Å². The van der Waals surface area contributed by atoms with Crippen LogP contribution < -0.4 is 10.5 Å². The summed E-state index contributed by atoms with van der Waals surface area (Å²) in [5.74, 6) is 0.0613. The molecule has 1 aliphatic carbocycles. The van der Waals surface area contributed by atoms with Gasteiger partial charge < -0.3 is 15.4 Å². The third kappa shape index (κ3) is 5.26. The summed E-state index contributed by atoms with van der Waals surface area (Å²) in [6.07, 6.45) is 9.66. The summed E-state index contributed by atoms with van der Waals surface area (Å²) in [7, 11) is 0. The SMILES string of the molecule is C=CCN(C(=O)/C=C/c1ccc(OCC(N)=O)cc1)C1CCCC1. The minimum atomic E-state index is -0.515. The first-order valence-electron chi connectivity index (χ1n) is 8.21. The molecule has 1 fully saturated rings. The van der Waals surface area contributed by atoms with E-state index in [1.54, 1.807) is 30.4 Å². The van der Waals surface area contributed by atoms with Crippen molar-refractivity contribution < 1.29 is 14.3 Å². The molecule has 1 aromatic carbocycles. The maximum absolute atomic E-state index is 12.5. The van der Waals surface area contributed by atoms with Crippen molar-refractivity contribution in [1.82, 2.24) is 4.90 Å². The molecule has 0 spiro atoms. The molecule has 5 nitrogen and oxygen atoms in total. The highest BCUT2D eigenvalue weighted by Gasteiger charge is 2.24. The van der Waals surface area contributed by atoms with E-state index in [0.29, 0.717) is 18.3 Å². The van der Waals surface area contributed by atoms with Crippen LogP contribution in [0.5, 0.6) is 5.75 Å². The molecule has 2 N–H and O–H groups in total. The van der Waals surface area contributed by atoms with Gasteiger partial charge in [0.2, 0.25) is 5.91 Å². The molecule has 1 aliphatic rings. The highest BCUT2D eigenvalue weighted by molar-refractivity contribution is 5.92. The van der Waals surface area contributed by atoms with Gasteiger partial charge in [-0.15, -0.1) is 6.58 Å². The number of benzene rings is 1. The molecule has 0 radical (unpaired) electrons. The van der Waals surface area contributed by atoms with Gasteiger partial charge in [0.25, 0.3) is 5.91 Å². The second-order valence-corrected chi connectivity index (χ2v) is 5.87. The Kier molecular flexibility index (Phi) is 6.61. The topological polar surface area (TPSA) is 72.6 Å². The van der Waals surface area contributed by atoms with E-state index >= 15 is 0 Å². The van der Waals surface area contributed by atoms with Gasteiger partial charge in [-0.2, -0.15) is 0 Å². The second kappa shape index (κ2) is 8.91. The van der Waals surface area contributed by atoms with E-state index in [9.17, 15) is 9.59 Å². The van der Waals surface area contributed by atoms with E-state index in [0.717, 1.165) is 18.4 Å².